The molecule has 0 radical (unpaired) electrons. The largest absolute Gasteiger partial charge is 0.496 e. The molecule has 0 amide bonds. The molecule has 2 rings (SSSR count). The van der Waals surface area contributed by atoms with Crippen LogP contribution in [0.2, 0.25) is 0 Å². The molecule has 0 spiro atoms. The first kappa shape index (κ1) is 14.6. The lowest BCUT2D eigenvalue weighted by atomic mass is 10.1. The molecular formula is C16H22N2O2. The maximum Gasteiger partial charge on any atom is 0.123 e. The SMILES string of the molecule is CCC(O)c1c(C)nn(Cc2ccccc2OC)c1C. The average molecular weight is 274 g/mol. The highest BCUT2D eigenvalue weighted by molar-refractivity contribution is 5.34. The highest BCUT2D eigenvalue weighted by atomic mass is 16.5. The molecule has 0 saturated heterocycles. The topological polar surface area (TPSA) is 47.3 Å². The molecule has 108 valence electrons. The number of aliphatic hydroxyl groups excluding tert-OH is 1. The van der Waals surface area contributed by atoms with Crippen LogP contribution < -0.4 is 4.74 Å². The summed E-state index contributed by atoms with van der Waals surface area (Å²) < 4.78 is 7.30. The lowest BCUT2D eigenvalue weighted by molar-refractivity contribution is 0.172. The van der Waals surface area contributed by atoms with Crippen molar-refractivity contribution in [1.82, 2.24) is 9.78 Å². The van der Waals surface area contributed by atoms with Gasteiger partial charge in [0.1, 0.15) is 5.75 Å². The number of nitrogens with zero attached hydrogens (tertiary/aromatic N) is 2. The van der Waals surface area contributed by atoms with Gasteiger partial charge in [-0.25, -0.2) is 0 Å². The van der Waals surface area contributed by atoms with E-state index in [1.165, 1.54) is 0 Å². The van der Waals surface area contributed by atoms with E-state index in [1.807, 2.05) is 49.7 Å². The average Bonchev–Trinajstić information content (AvgIpc) is 2.73. The Balaban J connectivity index is 2.35. The van der Waals surface area contributed by atoms with Gasteiger partial charge in [0.25, 0.3) is 0 Å². The number of methoxy groups -OCH3 is 1. The van der Waals surface area contributed by atoms with E-state index in [9.17, 15) is 5.11 Å². The molecule has 20 heavy (non-hydrogen) atoms. The van der Waals surface area contributed by atoms with Gasteiger partial charge in [-0.3, -0.25) is 4.68 Å². The minimum absolute atomic E-state index is 0.443. The number of rotatable bonds is 5. The molecule has 0 fully saturated rings. The van der Waals surface area contributed by atoms with Crippen molar-refractivity contribution >= 4 is 0 Å². The number of hydrogen-bond donors (Lipinski definition) is 1. The molecule has 1 heterocycles. The molecule has 0 aliphatic rings. The van der Waals surface area contributed by atoms with Crippen LogP contribution in [0.15, 0.2) is 24.3 Å². The molecule has 4 heteroatoms. The van der Waals surface area contributed by atoms with Gasteiger partial charge >= 0.3 is 0 Å². The highest BCUT2D eigenvalue weighted by Gasteiger charge is 2.18. The van der Waals surface area contributed by atoms with Gasteiger partial charge in [-0.1, -0.05) is 25.1 Å². The number of para-hydroxylation sites is 1. The van der Waals surface area contributed by atoms with E-state index in [0.29, 0.717) is 13.0 Å². The van der Waals surface area contributed by atoms with Crippen LogP contribution in [0.5, 0.6) is 5.75 Å². The van der Waals surface area contributed by atoms with Crippen LogP contribution in [-0.4, -0.2) is 22.0 Å². The van der Waals surface area contributed by atoms with Crippen LogP contribution in [0.25, 0.3) is 0 Å². The minimum Gasteiger partial charge on any atom is -0.496 e. The van der Waals surface area contributed by atoms with Crippen molar-refractivity contribution in [3.63, 3.8) is 0 Å². The molecule has 2 aromatic rings. The molecule has 0 saturated carbocycles. The zero-order valence-electron chi connectivity index (χ0n) is 12.6. The standard InChI is InChI=1S/C16H22N2O2/c1-5-14(19)16-11(2)17-18(12(16)3)10-13-8-6-7-9-15(13)20-4/h6-9,14,19H,5,10H2,1-4H3. The van der Waals surface area contributed by atoms with Gasteiger partial charge in [-0.05, 0) is 26.3 Å². The number of benzene rings is 1. The molecule has 1 aromatic heterocycles. The maximum absolute atomic E-state index is 10.1. The van der Waals surface area contributed by atoms with E-state index in [2.05, 4.69) is 5.10 Å². The zero-order chi connectivity index (χ0) is 14.7. The van der Waals surface area contributed by atoms with Crippen LogP contribution in [0.3, 0.4) is 0 Å². The molecule has 0 bridgehead atoms. The summed E-state index contributed by atoms with van der Waals surface area (Å²) in [4.78, 5) is 0. The number of aromatic nitrogens is 2. The van der Waals surface area contributed by atoms with Crippen molar-refractivity contribution in [3.8, 4) is 5.75 Å². The van der Waals surface area contributed by atoms with Crippen molar-refractivity contribution in [2.75, 3.05) is 7.11 Å². The van der Waals surface area contributed by atoms with E-state index < -0.39 is 6.10 Å². The van der Waals surface area contributed by atoms with Crippen molar-refractivity contribution < 1.29 is 9.84 Å². The van der Waals surface area contributed by atoms with Crippen LogP contribution in [-0.2, 0) is 6.54 Å². The Bertz CT molecular complexity index is 590. The number of aryl methyl sites for hydroxylation is 1. The smallest absolute Gasteiger partial charge is 0.123 e. The Kier molecular flexibility index (Phi) is 4.45. The predicted molar refractivity (Wildman–Crippen MR) is 79.0 cm³/mol. The molecular weight excluding hydrogens is 252 g/mol. The summed E-state index contributed by atoms with van der Waals surface area (Å²) in [6, 6.07) is 7.93. The number of aliphatic hydroxyl groups is 1. The van der Waals surface area contributed by atoms with Gasteiger partial charge in [0, 0.05) is 16.8 Å². The van der Waals surface area contributed by atoms with Crippen molar-refractivity contribution in [1.29, 1.82) is 0 Å². The first-order valence-corrected chi connectivity index (χ1v) is 6.92. The summed E-state index contributed by atoms with van der Waals surface area (Å²) in [5.41, 5.74) is 3.94. The quantitative estimate of drug-likeness (QED) is 0.911. The lowest BCUT2D eigenvalue weighted by Crippen LogP contribution is -2.06. The second-order valence-corrected chi connectivity index (χ2v) is 4.98. The van der Waals surface area contributed by atoms with Crippen LogP contribution in [0, 0.1) is 13.8 Å². The fourth-order valence-electron chi connectivity index (χ4n) is 2.55. The third kappa shape index (κ3) is 2.70. The number of ether oxygens (including phenoxy) is 1. The summed E-state index contributed by atoms with van der Waals surface area (Å²) >= 11 is 0. The summed E-state index contributed by atoms with van der Waals surface area (Å²) in [7, 11) is 1.67. The Labute approximate surface area is 120 Å². The van der Waals surface area contributed by atoms with E-state index in [4.69, 9.17) is 4.74 Å². The van der Waals surface area contributed by atoms with Crippen LogP contribution in [0.1, 0.15) is 42.0 Å². The highest BCUT2D eigenvalue weighted by Crippen LogP contribution is 2.25. The molecule has 4 nitrogen and oxygen atoms in total. The van der Waals surface area contributed by atoms with Gasteiger partial charge in [0.05, 0.1) is 25.5 Å². The third-order valence-corrected chi connectivity index (χ3v) is 3.67. The minimum atomic E-state index is -0.443. The van der Waals surface area contributed by atoms with Crippen LogP contribution in [0.4, 0.5) is 0 Å². The van der Waals surface area contributed by atoms with Crippen molar-refractivity contribution in [3.05, 3.63) is 46.8 Å². The molecule has 0 aliphatic carbocycles. The Morgan fingerprint density at radius 1 is 1.30 bits per heavy atom. The fraction of sp³-hybridized carbons (Fsp3) is 0.438. The fourth-order valence-corrected chi connectivity index (χ4v) is 2.55. The van der Waals surface area contributed by atoms with Gasteiger partial charge in [-0.15, -0.1) is 0 Å². The van der Waals surface area contributed by atoms with Gasteiger partial charge < -0.3 is 9.84 Å². The zero-order valence-corrected chi connectivity index (χ0v) is 12.6. The van der Waals surface area contributed by atoms with E-state index in [-0.39, 0.29) is 0 Å². The van der Waals surface area contributed by atoms with Gasteiger partial charge in [-0.2, -0.15) is 5.10 Å². The van der Waals surface area contributed by atoms with Crippen molar-refractivity contribution in [2.45, 2.75) is 39.8 Å². The summed E-state index contributed by atoms with van der Waals surface area (Å²) in [6.07, 6.45) is 0.253. The third-order valence-electron chi connectivity index (χ3n) is 3.67. The second kappa shape index (κ2) is 6.09. The monoisotopic (exact) mass is 274 g/mol. The lowest BCUT2D eigenvalue weighted by Gasteiger charge is -2.11. The first-order chi connectivity index (χ1) is 9.58. The molecule has 1 unspecified atom stereocenters. The Hall–Kier alpha value is -1.81. The molecule has 0 aliphatic heterocycles. The van der Waals surface area contributed by atoms with E-state index >= 15 is 0 Å². The van der Waals surface area contributed by atoms with Crippen LogP contribution >= 0.6 is 0 Å². The summed E-state index contributed by atoms with van der Waals surface area (Å²) in [5, 5.41) is 14.6. The predicted octanol–water partition coefficient (Wildman–Crippen LogP) is 3.00. The van der Waals surface area contributed by atoms with Gasteiger partial charge in [0.2, 0.25) is 0 Å². The Morgan fingerprint density at radius 3 is 2.65 bits per heavy atom. The summed E-state index contributed by atoms with van der Waals surface area (Å²) in [5.74, 6) is 0.859. The Morgan fingerprint density at radius 2 is 2.00 bits per heavy atom. The summed E-state index contributed by atoms with van der Waals surface area (Å²) in [6.45, 7) is 6.57. The normalized spacial score (nSPS) is 12.4. The molecule has 1 N–H and O–H groups in total. The second-order valence-electron chi connectivity index (χ2n) is 4.98. The van der Waals surface area contributed by atoms with Crippen molar-refractivity contribution in [2.24, 2.45) is 0 Å². The molecule has 1 aromatic carbocycles. The number of hydrogen-bond acceptors (Lipinski definition) is 3. The molecule has 1 atom stereocenters. The van der Waals surface area contributed by atoms with Gasteiger partial charge in [0.15, 0.2) is 0 Å². The maximum atomic E-state index is 10.1. The first-order valence-electron chi connectivity index (χ1n) is 6.92. The van der Waals surface area contributed by atoms with E-state index in [1.54, 1.807) is 7.11 Å². The van der Waals surface area contributed by atoms with E-state index in [0.717, 1.165) is 28.3 Å².